The molecule has 0 aromatic heterocycles. The molecule has 0 saturated heterocycles. The highest BCUT2D eigenvalue weighted by atomic mass is 16.5. The van der Waals surface area contributed by atoms with Crippen LogP contribution in [0.5, 0.6) is 0 Å². The highest BCUT2D eigenvalue weighted by Crippen LogP contribution is 2.18. The van der Waals surface area contributed by atoms with Crippen molar-refractivity contribution >= 4 is 5.91 Å². The van der Waals surface area contributed by atoms with Crippen molar-refractivity contribution in [2.75, 3.05) is 20.3 Å². The molecule has 1 aromatic carbocycles. The number of nitrogens with two attached hydrogens (primary N) is 1. The molecule has 0 bridgehead atoms. The Morgan fingerprint density at radius 2 is 2.00 bits per heavy atom. The van der Waals surface area contributed by atoms with Gasteiger partial charge in [0.25, 0.3) is 0 Å². The largest absolute Gasteiger partial charge is 0.385 e. The second kappa shape index (κ2) is 8.80. The molecule has 1 amide bonds. The number of hydrogen-bond donors (Lipinski definition) is 2. The van der Waals surface area contributed by atoms with E-state index < -0.39 is 6.04 Å². The van der Waals surface area contributed by atoms with Crippen molar-refractivity contribution in [1.82, 2.24) is 5.32 Å². The maximum Gasteiger partial charge on any atom is 0.236 e. The number of rotatable bonds is 9. The lowest BCUT2D eigenvalue weighted by molar-refractivity contribution is -0.123. The Labute approximate surface area is 128 Å². The number of ether oxygens (including phenoxy) is 1. The van der Waals surface area contributed by atoms with Crippen LogP contribution < -0.4 is 11.1 Å². The first-order chi connectivity index (χ1) is 9.94. The van der Waals surface area contributed by atoms with Gasteiger partial charge in [0.05, 0.1) is 6.04 Å². The quantitative estimate of drug-likeness (QED) is 0.733. The number of amides is 1. The summed E-state index contributed by atoms with van der Waals surface area (Å²) in [6.07, 6.45) is 2.39. The molecule has 21 heavy (non-hydrogen) atoms. The minimum absolute atomic E-state index is 0.0187. The summed E-state index contributed by atoms with van der Waals surface area (Å²) in [5, 5.41) is 2.95. The van der Waals surface area contributed by atoms with E-state index in [4.69, 9.17) is 10.5 Å². The van der Waals surface area contributed by atoms with Crippen molar-refractivity contribution in [2.45, 2.75) is 39.2 Å². The van der Waals surface area contributed by atoms with E-state index in [9.17, 15) is 4.79 Å². The smallest absolute Gasteiger partial charge is 0.236 e. The second-order valence-corrected chi connectivity index (χ2v) is 6.26. The average Bonchev–Trinajstić information content (AvgIpc) is 2.49. The standard InChI is InChI=1S/C17H28N2O2/c1-17(2,11-12-21-3)13-19-16(20)15(18)10-9-14-7-5-4-6-8-14/h4-8,15H,9-13,18H2,1-3H3,(H,19,20)/t15-/m0/s1. The van der Waals surface area contributed by atoms with E-state index in [-0.39, 0.29) is 11.3 Å². The van der Waals surface area contributed by atoms with E-state index in [0.717, 1.165) is 12.8 Å². The lowest BCUT2D eigenvalue weighted by Gasteiger charge is -2.25. The lowest BCUT2D eigenvalue weighted by atomic mass is 9.89. The number of carbonyl (C=O) groups is 1. The van der Waals surface area contributed by atoms with Gasteiger partial charge in [-0.15, -0.1) is 0 Å². The molecule has 0 radical (unpaired) electrons. The van der Waals surface area contributed by atoms with Crippen LogP contribution in [0.1, 0.15) is 32.3 Å². The van der Waals surface area contributed by atoms with E-state index in [1.165, 1.54) is 5.56 Å². The molecule has 1 aromatic rings. The van der Waals surface area contributed by atoms with Crippen molar-refractivity contribution in [1.29, 1.82) is 0 Å². The SMILES string of the molecule is COCCC(C)(C)CNC(=O)[C@@H](N)CCc1ccccc1. The van der Waals surface area contributed by atoms with Gasteiger partial charge in [0.1, 0.15) is 0 Å². The van der Waals surface area contributed by atoms with Crippen LogP contribution in [0.15, 0.2) is 30.3 Å². The summed E-state index contributed by atoms with van der Waals surface area (Å²) in [5.41, 5.74) is 7.19. The highest BCUT2D eigenvalue weighted by molar-refractivity contribution is 5.81. The summed E-state index contributed by atoms with van der Waals surface area (Å²) in [5.74, 6) is -0.0728. The molecule has 118 valence electrons. The van der Waals surface area contributed by atoms with Gasteiger partial charge in [-0.1, -0.05) is 44.2 Å². The molecule has 0 aliphatic rings. The molecule has 0 aliphatic carbocycles. The number of carbonyl (C=O) groups excluding carboxylic acids is 1. The fourth-order valence-corrected chi connectivity index (χ4v) is 2.02. The third-order valence-electron chi connectivity index (χ3n) is 3.65. The number of methoxy groups -OCH3 is 1. The Morgan fingerprint density at radius 1 is 1.33 bits per heavy atom. The third kappa shape index (κ3) is 7.25. The van der Waals surface area contributed by atoms with E-state index >= 15 is 0 Å². The molecular weight excluding hydrogens is 264 g/mol. The molecule has 0 spiro atoms. The van der Waals surface area contributed by atoms with Crippen LogP contribution in [-0.2, 0) is 16.0 Å². The maximum absolute atomic E-state index is 12.0. The minimum Gasteiger partial charge on any atom is -0.385 e. The summed E-state index contributed by atoms with van der Waals surface area (Å²) in [6, 6.07) is 9.64. The summed E-state index contributed by atoms with van der Waals surface area (Å²) >= 11 is 0. The average molecular weight is 292 g/mol. The van der Waals surface area contributed by atoms with Gasteiger partial charge in [0.15, 0.2) is 0 Å². The first kappa shape index (κ1) is 17.7. The fourth-order valence-electron chi connectivity index (χ4n) is 2.02. The molecule has 4 nitrogen and oxygen atoms in total. The van der Waals surface area contributed by atoms with Crippen LogP contribution in [0.3, 0.4) is 0 Å². The Hall–Kier alpha value is -1.39. The molecule has 3 N–H and O–H groups in total. The molecule has 1 rings (SSSR count). The number of aryl methyl sites for hydroxylation is 1. The van der Waals surface area contributed by atoms with Gasteiger partial charge in [-0.3, -0.25) is 4.79 Å². The van der Waals surface area contributed by atoms with Crippen molar-refractivity contribution in [3.63, 3.8) is 0 Å². The Kier molecular flexibility index (Phi) is 7.40. The highest BCUT2D eigenvalue weighted by Gasteiger charge is 2.20. The van der Waals surface area contributed by atoms with Gasteiger partial charge < -0.3 is 15.8 Å². The predicted molar refractivity (Wildman–Crippen MR) is 86.0 cm³/mol. The molecule has 0 saturated carbocycles. The Bertz CT molecular complexity index is 418. The van der Waals surface area contributed by atoms with Crippen LogP contribution in [0.4, 0.5) is 0 Å². The van der Waals surface area contributed by atoms with Crippen LogP contribution >= 0.6 is 0 Å². The van der Waals surface area contributed by atoms with Gasteiger partial charge in [0, 0.05) is 20.3 Å². The van der Waals surface area contributed by atoms with E-state index in [2.05, 4.69) is 31.3 Å². The van der Waals surface area contributed by atoms with E-state index in [1.54, 1.807) is 7.11 Å². The molecule has 0 aliphatic heterocycles. The van der Waals surface area contributed by atoms with E-state index in [1.807, 2.05) is 18.2 Å². The van der Waals surface area contributed by atoms with Gasteiger partial charge >= 0.3 is 0 Å². The van der Waals surface area contributed by atoms with Crippen LogP contribution in [0.25, 0.3) is 0 Å². The molecule has 0 unspecified atom stereocenters. The van der Waals surface area contributed by atoms with Gasteiger partial charge in [-0.2, -0.15) is 0 Å². The molecule has 0 heterocycles. The maximum atomic E-state index is 12.0. The monoisotopic (exact) mass is 292 g/mol. The van der Waals surface area contributed by atoms with Gasteiger partial charge in [-0.05, 0) is 30.2 Å². The minimum atomic E-state index is -0.455. The fraction of sp³-hybridized carbons (Fsp3) is 0.588. The molecule has 1 atom stereocenters. The second-order valence-electron chi connectivity index (χ2n) is 6.26. The zero-order chi connectivity index (χ0) is 15.7. The Balaban J connectivity index is 2.31. The van der Waals surface area contributed by atoms with Crippen molar-refractivity contribution in [3.8, 4) is 0 Å². The zero-order valence-corrected chi connectivity index (χ0v) is 13.4. The Morgan fingerprint density at radius 3 is 2.62 bits per heavy atom. The first-order valence-electron chi connectivity index (χ1n) is 7.51. The van der Waals surface area contributed by atoms with Gasteiger partial charge in [-0.25, -0.2) is 0 Å². The van der Waals surface area contributed by atoms with Crippen molar-refractivity contribution in [3.05, 3.63) is 35.9 Å². The predicted octanol–water partition coefficient (Wildman–Crippen LogP) is 2.13. The number of benzene rings is 1. The van der Waals surface area contributed by atoms with Gasteiger partial charge in [0.2, 0.25) is 5.91 Å². The summed E-state index contributed by atoms with van der Waals surface area (Å²) < 4.78 is 5.08. The molecule has 4 heteroatoms. The lowest BCUT2D eigenvalue weighted by Crippen LogP contribution is -2.44. The molecular formula is C17H28N2O2. The van der Waals surface area contributed by atoms with Crippen LogP contribution in [0.2, 0.25) is 0 Å². The number of hydrogen-bond acceptors (Lipinski definition) is 3. The summed E-state index contributed by atoms with van der Waals surface area (Å²) in [7, 11) is 1.69. The van der Waals surface area contributed by atoms with Crippen molar-refractivity contribution in [2.24, 2.45) is 11.1 Å². The molecule has 0 fully saturated rings. The third-order valence-corrected chi connectivity index (χ3v) is 3.65. The number of nitrogens with one attached hydrogen (secondary N) is 1. The first-order valence-corrected chi connectivity index (χ1v) is 7.51. The zero-order valence-electron chi connectivity index (χ0n) is 13.4. The van der Waals surface area contributed by atoms with Crippen LogP contribution in [-0.4, -0.2) is 32.2 Å². The van der Waals surface area contributed by atoms with Crippen LogP contribution in [0, 0.1) is 5.41 Å². The topological polar surface area (TPSA) is 64.3 Å². The van der Waals surface area contributed by atoms with Crippen molar-refractivity contribution < 1.29 is 9.53 Å². The normalized spacial score (nSPS) is 13.0. The van der Waals surface area contributed by atoms with E-state index in [0.29, 0.717) is 19.6 Å². The summed E-state index contributed by atoms with van der Waals surface area (Å²) in [4.78, 5) is 12.0. The summed E-state index contributed by atoms with van der Waals surface area (Å²) in [6.45, 7) is 5.54.